The van der Waals surface area contributed by atoms with Crippen molar-refractivity contribution in [3.63, 3.8) is 0 Å². The molecule has 0 bridgehead atoms. The number of likely N-dealkylation sites (N-methyl/N-ethyl adjacent to an activating group) is 1. The molecule has 0 N–H and O–H groups in total. The van der Waals surface area contributed by atoms with Crippen LogP contribution >= 0.6 is 0 Å². The molecular weight excluding hydrogens is 983 g/mol. The van der Waals surface area contributed by atoms with Gasteiger partial charge in [-0.15, -0.1) is 0 Å². The van der Waals surface area contributed by atoms with Gasteiger partial charge in [0.15, 0.2) is 12.4 Å². The highest BCUT2D eigenvalue weighted by molar-refractivity contribution is 5.70. The maximum atomic E-state index is 12.9. The van der Waals surface area contributed by atoms with Gasteiger partial charge in [-0.3, -0.25) is 9.59 Å². The maximum Gasteiger partial charge on any atom is 0.306 e. The lowest BCUT2D eigenvalue weighted by atomic mass is 10.1. The summed E-state index contributed by atoms with van der Waals surface area (Å²) in [5, 5.41) is 11.8. The molecule has 0 aliphatic heterocycles. The third-order valence-electron chi connectivity index (χ3n) is 12.0. The molecule has 2 atom stereocenters. The molecule has 9 nitrogen and oxygen atoms in total. The van der Waals surface area contributed by atoms with Crippen molar-refractivity contribution >= 4 is 17.9 Å². The number of carboxylic acid groups (broad SMARTS) is 1. The van der Waals surface area contributed by atoms with Gasteiger partial charge < -0.3 is 33.3 Å². The van der Waals surface area contributed by atoms with E-state index in [1.807, 2.05) is 21.1 Å². The molecule has 2 unspecified atom stereocenters. The van der Waals surface area contributed by atoms with Crippen LogP contribution in [0.2, 0.25) is 0 Å². The van der Waals surface area contributed by atoms with Crippen molar-refractivity contribution < 1.29 is 42.9 Å². The summed E-state index contributed by atoms with van der Waals surface area (Å²) < 4.78 is 22.6. The van der Waals surface area contributed by atoms with E-state index in [0.717, 1.165) is 128 Å². The van der Waals surface area contributed by atoms with Crippen molar-refractivity contribution in [3.8, 4) is 0 Å². The van der Waals surface area contributed by atoms with Gasteiger partial charge in [0, 0.05) is 12.8 Å². The minimum absolute atomic E-state index is 0.128. The fourth-order valence-electron chi connectivity index (χ4n) is 7.38. The van der Waals surface area contributed by atoms with Crippen LogP contribution in [0.1, 0.15) is 194 Å². The molecule has 0 spiro atoms. The predicted molar refractivity (Wildman–Crippen MR) is 333 cm³/mol. The van der Waals surface area contributed by atoms with Crippen molar-refractivity contribution in [1.29, 1.82) is 0 Å². The zero-order chi connectivity index (χ0) is 57.6. The monoisotopic (exact) mass is 1090 g/mol. The first-order valence-corrected chi connectivity index (χ1v) is 30.3. The molecule has 0 aliphatic carbocycles. The Balaban J connectivity index is 4.34. The largest absolute Gasteiger partial charge is 0.545 e. The minimum Gasteiger partial charge on any atom is -0.545 e. The van der Waals surface area contributed by atoms with Gasteiger partial charge in [-0.25, -0.2) is 0 Å². The maximum absolute atomic E-state index is 12.9. The van der Waals surface area contributed by atoms with Crippen LogP contribution in [0.4, 0.5) is 0 Å². The summed E-state index contributed by atoms with van der Waals surface area (Å²) in [6.45, 7) is 4.42. The number of esters is 2. The van der Waals surface area contributed by atoms with E-state index in [4.69, 9.17) is 18.9 Å². The molecule has 0 aromatic carbocycles. The van der Waals surface area contributed by atoms with Gasteiger partial charge in [-0.2, -0.15) is 0 Å². The number of carbonyl (C=O) groups excluding carboxylic acids is 3. The number of nitrogens with zero attached hydrogens (tertiary/aromatic N) is 1. The van der Waals surface area contributed by atoms with Gasteiger partial charge in [0.1, 0.15) is 13.2 Å². The van der Waals surface area contributed by atoms with Gasteiger partial charge in [0.05, 0.1) is 40.3 Å². The Morgan fingerprint density at radius 2 is 0.684 bits per heavy atom. The van der Waals surface area contributed by atoms with E-state index < -0.39 is 30.3 Å². The number of carbonyl (C=O) groups is 3. The molecule has 0 saturated carbocycles. The molecule has 0 heterocycles. The third kappa shape index (κ3) is 60.1. The second-order valence-corrected chi connectivity index (χ2v) is 20.5. The van der Waals surface area contributed by atoms with Crippen LogP contribution in [0.5, 0.6) is 0 Å². The van der Waals surface area contributed by atoms with Crippen LogP contribution in [0.25, 0.3) is 0 Å². The van der Waals surface area contributed by atoms with E-state index >= 15 is 0 Å². The Labute approximate surface area is 482 Å². The van der Waals surface area contributed by atoms with Gasteiger partial charge >= 0.3 is 11.9 Å². The summed E-state index contributed by atoms with van der Waals surface area (Å²) in [7, 11) is 5.89. The Morgan fingerprint density at radius 3 is 1.04 bits per heavy atom. The first-order chi connectivity index (χ1) is 38.6. The molecule has 0 aromatic heterocycles. The summed E-state index contributed by atoms with van der Waals surface area (Å²) in [6.07, 6.45) is 85.5. The summed E-state index contributed by atoms with van der Waals surface area (Å²) in [6, 6.07) is 0. The van der Waals surface area contributed by atoms with Crippen molar-refractivity contribution in [2.45, 2.75) is 206 Å². The number of ether oxygens (including phenoxy) is 4. The molecule has 442 valence electrons. The molecule has 9 heteroatoms. The fourth-order valence-corrected chi connectivity index (χ4v) is 7.38. The molecule has 0 fully saturated rings. The second-order valence-electron chi connectivity index (χ2n) is 20.5. The zero-order valence-corrected chi connectivity index (χ0v) is 50.2. The number of aliphatic carboxylic acids is 1. The molecular formula is C70H109NO8. The quantitative estimate of drug-likeness (QED) is 0.0195. The van der Waals surface area contributed by atoms with Crippen LogP contribution < -0.4 is 5.11 Å². The highest BCUT2D eigenvalue weighted by Gasteiger charge is 2.22. The van der Waals surface area contributed by atoms with Gasteiger partial charge in [-0.05, 0) is 128 Å². The van der Waals surface area contributed by atoms with Gasteiger partial charge in [0.2, 0.25) is 0 Å². The van der Waals surface area contributed by atoms with E-state index in [-0.39, 0.29) is 32.7 Å². The lowest BCUT2D eigenvalue weighted by Gasteiger charge is -2.26. The van der Waals surface area contributed by atoms with Crippen LogP contribution in [-0.2, 0) is 33.3 Å². The molecule has 0 radical (unpaired) electrons. The summed E-state index contributed by atoms with van der Waals surface area (Å²) in [4.78, 5) is 37.3. The first-order valence-electron chi connectivity index (χ1n) is 30.3. The lowest BCUT2D eigenvalue weighted by Crippen LogP contribution is -2.44. The van der Waals surface area contributed by atoms with E-state index in [9.17, 15) is 19.5 Å². The van der Waals surface area contributed by atoms with Crippen LogP contribution in [0.15, 0.2) is 170 Å². The number of allylic oxidation sites excluding steroid dienone is 28. The number of carboxylic acids is 1. The van der Waals surface area contributed by atoms with Crippen LogP contribution in [-0.4, -0.2) is 82.3 Å². The molecule has 0 saturated heterocycles. The summed E-state index contributed by atoms with van der Waals surface area (Å²) in [5.74, 6) is -2.38. The smallest absolute Gasteiger partial charge is 0.306 e. The molecule has 0 aromatic rings. The van der Waals surface area contributed by atoms with Crippen molar-refractivity contribution in [2.24, 2.45) is 0 Å². The zero-order valence-electron chi connectivity index (χ0n) is 50.2. The SMILES string of the molecule is CC/C=C\C/C=C\C/C=C\C/C=C\C/C=C\C/C=C\C/C=C\C/C=C\CCCCCCCCCCC(=O)OC(COC(=O)CCCC/C=C\C/C=C\C/C=C\C/C=C\C/C=C\C/C=C\CC)COC(OCC[N+](C)(C)C)C(=O)[O-]. The Kier molecular flexibility index (Phi) is 54.8. The molecule has 0 rings (SSSR count). The summed E-state index contributed by atoms with van der Waals surface area (Å²) >= 11 is 0. The molecule has 0 aliphatic rings. The third-order valence-corrected chi connectivity index (χ3v) is 12.0. The van der Waals surface area contributed by atoms with E-state index in [1.165, 1.54) is 25.7 Å². The summed E-state index contributed by atoms with van der Waals surface area (Å²) in [5.41, 5.74) is 0. The van der Waals surface area contributed by atoms with E-state index in [2.05, 4.69) is 184 Å². The van der Waals surface area contributed by atoms with Crippen LogP contribution in [0.3, 0.4) is 0 Å². The second kappa shape index (κ2) is 58.8. The first kappa shape index (κ1) is 73.7. The highest BCUT2D eigenvalue weighted by atomic mass is 16.7. The van der Waals surface area contributed by atoms with E-state index in [1.54, 1.807) is 0 Å². The standard InChI is InChI=1S/C70H109NO8/c1-6-8-10-12-14-16-18-20-22-24-26-28-29-30-31-32-33-34-35-36-37-38-39-41-43-45-47-49-51-53-55-57-59-61-68(73)79-66(65-78-70(69(74)75)76-63-62-71(3,4)5)64-77-67(72)60-58-56-54-52-50-48-46-44-42-40-27-25-23-21-19-17-15-13-11-9-7-2/h8-11,14-17,20-23,26-28,30-31,33-34,36-37,39-41,44,46,50,52,66,70H,6-7,12-13,18-19,24-25,29,32,35,38,42-43,45,47-49,51,53-65H2,1-5H3/b10-8-,11-9-,16-14-,17-15-,22-20-,23-21-,28-26-,31-30-,34-33-,37-36-,40-27-,41-39-,46-44-,52-50-. The normalized spacial score (nSPS) is 14.0. The van der Waals surface area contributed by atoms with Crippen molar-refractivity contribution in [1.82, 2.24) is 0 Å². The Morgan fingerprint density at radius 1 is 0.380 bits per heavy atom. The topological polar surface area (TPSA) is 111 Å². The number of quaternary nitrogens is 1. The molecule has 0 amide bonds. The van der Waals surface area contributed by atoms with Crippen molar-refractivity contribution in [2.75, 3.05) is 47.5 Å². The number of unbranched alkanes of at least 4 members (excludes halogenated alkanes) is 10. The van der Waals surface area contributed by atoms with Crippen LogP contribution in [0, 0.1) is 0 Å². The molecule has 79 heavy (non-hydrogen) atoms. The average molecular weight is 1090 g/mol. The van der Waals surface area contributed by atoms with Gasteiger partial charge in [0.25, 0.3) is 0 Å². The van der Waals surface area contributed by atoms with Gasteiger partial charge in [-0.1, -0.05) is 223 Å². The average Bonchev–Trinajstić information content (AvgIpc) is 3.42. The van der Waals surface area contributed by atoms with E-state index in [0.29, 0.717) is 23.9 Å². The van der Waals surface area contributed by atoms with Crippen molar-refractivity contribution in [3.05, 3.63) is 170 Å². The predicted octanol–water partition coefficient (Wildman–Crippen LogP) is 17.0. The Hall–Kier alpha value is -5.35. The fraction of sp³-hybridized carbons (Fsp3) is 0.557. The lowest BCUT2D eigenvalue weighted by molar-refractivity contribution is -0.870. The minimum atomic E-state index is -1.65. The Bertz CT molecular complexity index is 1900. The number of rotatable bonds is 53. The number of hydrogen-bond donors (Lipinski definition) is 0. The highest BCUT2D eigenvalue weighted by Crippen LogP contribution is 2.13. The number of hydrogen-bond acceptors (Lipinski definition) is 8.